The zero-order valence-corrected chi connectivity index (χ0v) is 51.4. The van der Waals surface area contributed by atoms with E-state index in [1.54, 1.807) is 0 Å². The van der Waals surface area contributed by atoms with Crippen LogP contribution in [0.4, 0.5) is 0 Å². The van der Waals surface area contributed by atoms with E-state index in [0.717, 1.165) is 96.3 Å². The van der Waals surface area contributed by atoms with Gasteiger partial charge in [-0.15, -0.1) is 0 Å². The number of esters is 1. The number of hydrogen-bond acceptors (Lipinski definition) is 6. The molecule has 0 bridgehead atoms. The second-order valence-electron chi connectivity index (χ2n) is 22.5. The van der Waals surface area contributed by atoms with E-state index >= 15 is 0 Å². The van der Waals surface area contributed by atoms with E-state index in [1.807, 2.05) is 33.3 Å². The van der Waals surface area contributed by atoms with Crippen molar-refractivity contribution in [3.63, 3.8) is 0 Å². The molecule has 0 heterocycles. The van der Waals surface area contributed by atoms with Crippen LogP contribution in [0, 0.1) is 0 Å². The molecule has 76 heavy (non-hydrogen) atoms. The molecule has 3 atom stereocenters. The molecule has 2 N–H and O–H groups in total. The Labute approximate surface area is 470 Å². The third-order valence-electron chi connectivity index (χ3n) is 13.9. The molecule has 0 aliphatic heterocycles. The number of phosphoric acid groups is 1. The van der Waals surface area contributed by atoms with Gasteiger partial charge < -0.3 is 19.4 Å². The van der Waals surface area contributed by atoms with Crippen LogP contribution in [0.3, 0.4) is 0 Å². The van der Waals surface area contributed by atoms with E-state index in [4.69, 9.17) is 13.8 Å². The monoisotopic (exact) mass is 1090 g/mol. The van der Waals surface area contributed by atoms with E-state index in [1.165, 1.54) is 154 Å². The van der Waals surface area contributed by atoms with Crippen molar-refractivity contribution in [3.8, 4) is 0 Å². The van der Waals surface area contributed by atoms with E-state index in [2.05, 4.69) is 86.8 Å². The van der Waals surface area contributed by atoms with Crippen LogP contribution in [-0.4, -0.2) is 74.3 Å². The lowest BCUT2D eigenvalue weighted by Crippen LogP contribution is -2.47. The molecule has 0 aliphatic carbocycles. The number of allylic oxidation sites excluding steroid dienone is 11. The molecule has 0 spiro atoms. The summed E-state index contributed by atoms with van der Waals surface area (Å²) in [6.07, 6.45) is 71.9. The summed E-state index contributed by atoms with van der Waals surface area (Å²) in [6.45, 7) is 6.88. The van der Waals surface area contributed by atoms with Crippen LogP contribution in [0.15, 0.2) is 72.9 Å². The Bertz CT molecular complexity index is 1530. The average Bonchev–Trinajstić information content (AvgIpc) is 3.38. The van der Waals surface area contributed by atoms with Gasteiger partial charge in [-0.3, -0.25) is 18.6 Å². The van der Waals surface area contributed by atoms with Gasteiger partial charge in [-0.1, -0.05) is 248 Å². The molecule has 9 nitrogen and oxygen atoms in total. The van der Waals surface area contributed by atoms with Crippen molar-refractivity contribution < 1.29 is 37.3 Å². The van der Waals surface area contributed by atoms with E-state index in [-0.39, 0.29) is 31.5 Å². The zero-order valence-electron chi connectivity index (χ0n) is 50.5. The highest BCUT2D eigenvalue weighted by Crippen LogP contribution is 2.43. The first kappa shape index (κ1) is 73.5. The standard InChI is InChI=1S/C66H121N2O7P/c1-7-10-13-16-19-22-25-27-29-30-31-32-33-34-35-36-37-38-39-41-44-47-50-53-56-59-66(70)75-64(57-54-51-48-45-42-24-21-18-15-12-9-3)63(62-74-76(71,72)73-61-60-68(4,5)6)67-65(69)58-55-52-49-46-43-40-28-26-23-20-17-14-11-8-2/h11,14,19-20,22-23,27,29,31-32,54,57,63-64H,7-10,12-13,15-18,21,24-26,28,30,33-53,55-56,58-62H2,1-6H3,(H-,67,69,71,72)/p+1/b14-11+,22-19-,23-20+,29-27-,32-31-,57-54-. The van der Waals surface area contributed by atoms with Crippen molar-refractivity contribution in [1.82, 2.24) is 5.32 Å². The Morgan fingerprint density at radius 1 is 0.474 bits per heavy atom. The molecule has 0 saturated carbocycles. The Morgan fingerprint density at radius 2 is 0.842 bits per heavy atom. The minimum Gasteiger partial charge on any atom is -0.456 e. The number of phosphoric ester groups is 1. The first-order chi connectivity index (χ1) is 36.9. The van der Waals surface area contributed by atoms with E-state index in [9.17, 15) is 19.0 Å². The van der Waals surface area contributed by atoms with Crippen molar-refractivity contribution in [3.05, 3.63) is 72.9 Å². The Balaban J connectivity index is 5.08. The number of carbonyl (C=O) groups is 2. The lowest BCUT2D eigenvalue weighted by Gasteiger charge is -2.27. The third-order valence-corrected chi connectivity index (χ3v) is 14.9. The summed E-state index contributed by atoms with van der Waals surface area (Å²) in [6, 6.07) is -0.854. The fourth-order valence-corrected chi connectivity index (χ4v) is 9.72. The highest BCUT2D eigenvalue weighted by molar-refractivity contribution is 7.47. The van der Waals surface area contributed by atoms with Crippen LogP contribution in [0.2, 0.25) is 0 Å². The van der Waals surface area contributed by atoms with Gasteiger partial charge in [0.1, 0.15) is 19.3 Å². The molecule has 3 unspecified atom stereocenters. The zero-order chi connectivity index (χ0) is 55.7. The van der Waals surface area contributed by atoms with Gasteiger partial charge in [0.25, 0.3) is 0 Å². The average molecular weight is 1090 g/mol. The summed E-state index contributed by atoms with van der Waals surface area (Å²) < 4.78 is 30.7. The number of nitrogens with one attached hydrogen (secondary N) is 1. The third kappa shape index (κ3) is 56.2. The Morgan fingerprint density at radius 3 is 1.29 bits per heavy atom. The van der Waals surface area contributed by atoms with Gasteiger partial charge in [-0.25, -0.2) is 4.57 Å². The molecule has 0 aromatic heterocycles. The first-order valence-corrected chi connectivity index (χ1v) is 33.3. The smallest absolute Gasteiger partial charge is 0.456 e. The highest BCUT2D eigenvalue weighted by atomic mass is 31.2. The molecule has 0 aromatic carbocycles. The second kappa shape index (κ2) is 55.8. The predicted molar refractivity (Wildman–Crippen MR) is 328 cm³/mol. The van der Waals surface area contributed by atoms with Gasteiger partial charge in [0.05, 0.1) is 33.8 Å². The van der Waals surface area contributed by atoms with Crippen LogP contribution in [0.25, 0.3) is 0 Å². The van der Waals surface area contributed by atoms with Crippen LogP contribution in [-0.2, 0) is 27.9 Å². The van der Waals surface area contributed by atoms with Gasteiger partial charge in [0, 0.05) is 12.8 Å². The topological polar surface area (TPSA) is 111 Å². The van der Waals surface area contributed by atoms with Gasteiger partial charge in [-0.2, -0.15) is 0 Å². The SMILES string of the molecule is CC/C=C/C/C=C/CCCCCCCCCC(=O)NC(COP(=O)(O)OCC[N+](C)(C)C)C(/C=C\CCCCCCCCCCC)OC(=O)CCCCCCCCCCCCCC/C=C\C/C=C\C/C=C\CCCCC. The minimum absolute atomic E-state index is 0.0366. The van der Waals surface area contributed by atoms with Crippen LogP contribution in [0.1, 0.15) is 284 Å². The number of amides is 1. The van der Waals surface area contributed by atoms with Gasteiger partial charge >= 0.3 is 13.8 Å². The maximum absolute atomic E-state index is 13.5. The first-order valence-electron chi connectivity index (χ1n) is 31.8. The van der Waals surface area contributed by atoms with Crippen molar-refractivity contribution in [2.45, 2.75) is 296 Å². The summed E-state index contributed by atoms with van der Waals surface area (Å²) in [5.41, 5.74) is 0. The van der Waals surface area contributed by atoms with E-state index < -0.39 is 20.0 Å². The summed E-state index contributed by atoms with van der Waals surface area (Å²) in [7, 11) is 1.49. The number of nitrogens with zero attached hydrogens (tertiary/aromatic N) is 1. The number of hydrogen-bond donors (Lipinski definition) is 2. The molecule has 10 heteroatoms. The molecule has 0 radical (unpaired) electrons. The van der Waals surface area contributed by atoms with Crippen molar-refractivity contribution >= 4 is 19.7 Å². The minimum atomic E-state index is -4.45. The second-order valence-corrected chi connectivity index (χ2v) is 24.0. The van der Waals surface area contributed by atoms with Gasteiger partial charge in [0.2, 0.25) is 5.91 Å². The molecule has 1 amide bonds. The number of ether oxygens (including phenoxy) is 1. The fourth-order valence-electron chi connectivity index (χ4n) is 8.99. The lowest BCUT2D eigenvalue weighted by molar-refractivity contribution is -0.870. The summed E-state index contributed by atoms with van der Waals surface area (Å²) in [5.74, 6) is -0.514. The maximum Gasteiger partial charge on any atom is 0.472 e. The summed E-state index contributed by atoms with van der Waals surface area (Å²) >= 11 is 0. The van der Waals surface area contributed by atoms with Gasteiger partial charge in [0.15, 0.2) is 0 Å². The molecule has 442 valence electrons. The highest BCUT2D eigenvalue weighted by Gasteiger charge is 2.30. The van der Waals surface area contributed by atoms with Crippen LogP contribution in [0.5, 0.6) is 0 Å². The van der Waals surface area contributed by atoms with Crippen molar-refractivity contribution in [2.24, 2.45) is 0 Å². The molecular weight excluding hydrogens is 964 g/mol. The largest absolute Gasteiger partial charge is 0.472 e. The molecule has 0 aliphatic rings. The summed E-state index contributed by atoms with van der Waals surface area (Å²) in [5, 5.41) is 3.05. The quantitative estimate of drug-likeness (QED) is 0.0205. The van der Waals surface area contributed by atoms with Crippen LogP contribution >= 0.6 is 7.82 Å². The Kier molecular flexibility index (Phi) is 53.9. The molecule has 0 fully saturated rings. The lowest BCUT2D eigenvalue weighted by atomic mass is 10.0. The predicted octanol–water partition coefficient (Wildman–Crippen LogP) is 19.6. The van der Waals surface area contributed by atoms with E-state index in [0.29, 0.717) is 17.4 Å². The Hall–Kier alpha value is -2.55. The summed E-state index contributed by atoms with van der Waals surface area (Å²) in [4.78, 5) is 37.7. The molecular formula is C66H122N2O7P+. The number of likely N-dealkylation sites (N-methyl/N-ethyl adjacent to an activating group) is 1. The molecule has 0 aromatic rings. The van der Waals surface area contributed by atoms with Crippen molar-refractivity contribution in [2.75, 3.05) is 40.9 Å². The number of carbonyl (C=O) groups excluding carboxylic acids is 2. The van der Waals surface area contributed by atoms with Crippen LogP contribution < -0.4 is 5.32 Å². The number of rotatable bonds is 57. The molecule has 0 rings (SSSR count). The maximum atomic E-state index is 13.5. The van der Waals surface area contributed by atoms with Gasteiger partial charge in [-0.05, 0) is 96.0 Å². The normalized spacial score (nSPS) is 14.1. The fraction of sp³-hybridized carbons (Fsp3) is 0.788. The van der Waals surface area contributed by atoms with Crippen molar-refractivity contribution in [1.29, 1.82) is 0 Å². The number of unbranched alkanes of at least 4 members (excludes halogenated alkanes) is 31. The number of quaternary nitrogens is 1. The molecule has 0 saturated heterocycles.